The van der Waals surface area contributed by atoms with E-state index in [1.54, 1.807) is 4.90 Å². The lowest BCUT2D eigenvalue weighted by atomic mass is 9.83. The molecule has 3 heterocycles. The average Bonchev–Trinajstić information content (AvgIpc) is 3.14. The molecule has 1 spiro atoms. The van der Waals surface area contributed by atoms with Crippen LogP contribution in [0.5, 0.6) is 0 Å². The van der Waals surface area contributed by atoms with Gasteiger partial charge in [-0.25, -0.2) is 13.2 Å². The molecule has 1 unspecified atom stereocenters. The highest BCUT2D eigenvalue weighted by Crippen LogP contribution is 2.45. The Morgan fingerprint density at radius 1 is 1.08 bits per heavy atom. The minimum atomic E-state index is -3.11. The molecule has 7 nitrogen and oxygen atoms in total. The Hall–Kier alpha value is -0.860. The lowest BCUT2D eigenvalue weighted by molar-refractivity contribution is 0.0737. The summed E-state index contributed by atoms with van der Waals surface area (Å²) in [5.74, 6) is 0.440. The number of rotatable bonds is 3. The van der Waals surface area contributed by atoms with Gasteiger partial charge in [-0.05, 0) is 32.2 Å². The summed E-state index contributed by atoms with van der Waals surface area (Å²) in [7, 11) is -0.982. The summed E-state index contributed by atoms with van der Waals surface area (Å²) in [6, 6.07) is 0.211. The highest BCUT2D eigenvalue weighted by atomic mass is 32.2. The van der Waals surface area contributed by atoms with Crippen LogP contribution in [0.25, 0.3) is 0 Å². The molecule has 3 aliphatic heterocycles. The smallest absolute Gasteiger partial charge is 0.317 e. The number of hydrogen-bond acceptors (Lipinski definition) is 5. The monoisotopic (exact) mass is 384 g/mol. The van der Waals surface area contributed by atoms with Gasteiger partial charge in [-0.2, -0.15) is 0 Å². The minimum absolute atomic E-state index is 0.0667. The third kappa shape index (κ3) is 3.24. The van der Waals surface area contributed by atoms with Crippen molar-refractivity contribution < 1.29 is 13.2 Å². The van der Waals surface area contributed by atoms with E-state index in [1.165, 1.54) is 12.8 Å². The Morgan fingerprint density at radius 2 is 1.73 bits per heavy atom. The van der Waals surface area contributed by atoms with Crippen LogP contribution in [0.2, 0.25) is 0 Å². The highest BCUT2D eigenvalue weighted by Gasteiger charge is 2.62. The number of carbonyl (C=O) groups excluding carboxylic acids is 1. The first-order valence-corrected chi connectivity index (χ1v) is 11.7. The van der Waals surface area contributed by atoms with Gasteiger partial charge in [0.1, 0.15) is 4.75 Å². The zero-order valence-corrected chi connectivity index (χ0v) is 16.6. The second-order valence-electron chi connectivity index (χ2n) is 8.76. The number of urea groups is 1. The maximum atomic E-state index is 12.8. The average molecular weight is 385 g/mol. The van der Waals surface area contributed by atoms with Crippen LogP contribution < -0.4 is 5.32 Å². The molecule has 1 aliphatic carbocycles. The molecule has 148 valence electrons. The van der Waals surface area contributed by atoms with E-state index in [0.717, 1.165) is 52.0 Å². The van der Waals surface area contributed by atoms with Gasteiger partial charge in [-0.15, -0.1) is 0 Å². The molecule has 2 amide bonds. The summed E-state index contributed by atoms with van der Waals surface area (Å²) >= 11 is 0. The van der Waals surface area contributed by atoms with Gasteiger partial charge >= 0.3 is 6.03 Å². The molecule has 1 N–H and O–H groups in total. The third-order valence-electron chi connectivity index (χ3n) is 7.06. The molecule has 26 heavy (non-hydrogen) atoms. The van der Waals surface area contributed by atoms with E-state index in [1.807, 2.05) is 0 Å². The molecule has 1 atom stereocenters. The van der Waals surface area contributed by atoms with Gasteiger partial charge in [0.05, 0.1) is 5.75 Å². The lowest BCUT2D eigenvalue weighted by Crippen LogP contribution is -2.71. The number of amides is 2. The van der Waals surface area contributed by atoms with Crippen molar-refractivity contribution in [1.82, 2.24) is 20.0 Å². The van der Waals surface area contributed by atoms with Crippen molar-refractivity contribution in [1.29, 1.82) is 0 Å². The molecule has 0 radical (unpaired) electrons. The molecule has 0 aromatic rings. The number of nitrogens with zero attached hydrogens (tertiary/aromatic N) is 3. The Bertz CT molecular complexity index is 633. The maximum Gasteiger partial charge on any atom is 0.317 e. The highest BCUT2D eigenvalue weighted by molar-refractivity contribution is 7.93. The van der Waals surface area contributed by atoms with Gasteiger partial charge in [-0.1, -0.05) is 12.8 Å². The predicted octanol–water partition coefficient (Wildman–Crippen LogP) is 0.375. The van der Waals surface area contributed by atoms with E-state index < -0.39 is 14.6 Å². The number of piperazine rings is 1. The van der Waals surface area contributed by atoms with Crippen LogP contribution in [-0.4, -0.2) is 98.6 Å². The van der Waals surface area contributed by atoms with E-state index in [-0.39, 0.29) is 23.7 Å². The molecule has 4 fully saturated rings. The van der Waals surface area contributed by atoms with Crippen molar-refractivity contribution in [2.75, 3.05) is 58.6 Å². The van der Waals surface area contributed by atoms with Gasteiger partial charge in [0.15, 0.2) is 9.84 Å². The van der Waals surface area contributed by atoms with E-state index in [0.29, 0.717) is 13.1 Å². The zero-order valence-electron chi connectivity index (χ0n) is 15.8. The second-order valence-corrected chi connectivity index (χ2v) is 11.2. The lowest BCUT2D eigenvalue weighted by Gasteiger charge is -2.51. The zero-order chi connectivity index (χ0) is 18.4. The second kappa shape index (κ2) is 6.95. The molecular weight excluding hydrogens is 352 g/mol. The minimum Gasteiger partial charge on any atom is -0.335 e. The van der Waals surface area contributed by atoms with E-state index in [4.69, 9.17) is 0 Å². The van der Waals surface area contributed by atoms with Crippen LogP contribution in [0.15, 0.2) is 0 Å². The standard InChI is InChI=1S/C18H32N4O3S/c1-20-7-9-21(10-8-20)12-15-6-11-26(24,25)18(15)13-22(14-18)17(23)19-16-4-2-3-5-16/h15-16H,2-14H2,1H3,(H,19,23). The van der Waals surface area contributed by atoms with E-state index in [9.17, 15) is 13.2 Å². The summed E-state index contributed by atoms with van der Waals surface area (Å²) in [6.07, 6.45) is 5.20. The molecule has 0 aromatic carbocycles. The number of likely N-dealkylation sites (N-methyl/N-ethyl adjacent to an activating group) is 1. The first kappa shape index (κ1) is 18.5. The topological polar surface area (TPSA) is 73.0 Å². The third-order valence-corrected chi connectivity index (χ3v) is 9.66. The Balaban J connectivity index is 1.37. The summed E-state index contributed by atoms with van der Waals surface area (Å²) in [4.78, 5) is 18.9. The fraction of sp³-hybridized carbons (Fsp3) is 0.944. The molecule has 1 saturated carbocycles. The van der Waals surface area contributed by atoms with Crippen molar-refractivity contribution in [3.05, 3.63) is 0 Å². The number of likely N-dealkylation sites (tertiary alicyclic amines) is 1. The summed E-state index contributed by atoms with van der Waals surface area (Å²) < 4.78 is 24.9. The predicted molar refractivity (Wildman–Crippen MR) is 101 cm³/mol. The van der Waals surface area contributed by atoms with Crippen LogP contribution in [0.3, 0.4) is 0 Å². The van der Waals surface area contributed by atoms with Crippen molar-refractivity contribution in [3.63, 3.8) is 0 Å². The number of hydrogen-bond donors (Lipinski definition) is 1. The molecule has 0 bridgehead atoms. The Morgan fingerprint density at radius 3 is 2.38 bits per heavy atom. The molecule has 0 aromatic heterocycles. The molecule has 8 heteroatoms. The summed E-state index contributed by atoms with van der Waals surface area (Å²) in [5, 5.41) is 3.09. The van der Waals surface area contributed by atoms with Gasteiger partial charge < -0.3 is 20.0 Å². The van der Waals surface area contributed by atoms with Crippen LogP contribution in [0, 0.1) is 5.92 Å². The quantitative estimate of drug-likeness (QED) is 0.761. The molecular formula is C18H32N4O3S. The van der Waals surface area contributed by atoms with Gasteiger partial charge in [0.25, 0.3) is 0 Å². The van der Waals surface area contributed by atoms with Crippen molar-refractivity contribution >= 4 is 15.9 Å². The van der Waals surface area contributed by atoms with Crippen molar-refractivity contribution in [2.24, 2.45) is 5.92 Å². The Labute approximate surface area is 157 Å². The van der Waals surface area contributed by atoms with Crippen LogP contribution >= 0.6 is 0 Å². The fourth-order valence-corrected chi connectivity index (χ4v) is 7.56. The summed E-state index contributed by atoms with van der Waals surface area (Å²) in [6.45, 7) is 5.72. The number of nitrogens with one attached hydrogen (secondary N) is 1. The molecule has 4 rings (SSSR count). The molecule has 4 aliphatic rings. The SMILES string of the molecule is CN1CCN(CC2CCS(=O)(=O)C23CN(C(=O)NC2CCCC2)C3)CC1. The van der Waals surface area contributed by atoms with Crippen LogP contribution in [-0.2, 0) is 9.84 Å². The van der Waals surface area contributed by atoms with E-state index >= 15 is 0 Å². The van der Waals surface area contributed by atoms with Gasteiger partial charge in [0.2, 0.25) is 0 Å². The number of sulfone groups is 1. The number of carbonyl (C=O) groups is 1. The largest absolute Gasteiger partial charge is 0.335 e. The van der Waals surface area contributed by atoms with Crippen LogP contribution in [0.1, 0.15) is 32.1 Å². The fourth-order valence-electron chi connectivity index (χ4n) is 5.15. The van der Waals surface area contributed by atoms with E-state index in [2.05, 4.69) is 22.2 Å². The maximum absolute atomic E-state index is 12.8. The Kier molecular flexibility index (Phi) is 4.94. The first-order chi connectivity index (χ1) is 12.4. The normalized spacial score (nSPS) is 32.0. The molecule has 3 saturated heterocycles. The van der Waals surface area contributed by atoms with Gasteiger partial charge in [-0.3, -0.25) is 0 Å². The van der Waals surface area contributed by atoms with Crippen molar-refractivity contribution in [2.45, 2.75) is 42.9 Å². The first-order valence-electron chi connectivity index (χ1n) is 10.1. The van der Waals surface area contributed by atoms with Gasteiger partial charge in [0, 0.05) is 51.9 Å². The van der Waals surface area contributed by atoms with Crippen molar-refractivity contribution in [3.8, 4) is 0 Å². The van der Waals surface area contributed by atoms with Crippen LogP contribution in [0.4, 0.5) is 4.79 Å². The summed E-state index contributed by atoms with van der Waals surface area (Å²) in [5.41, 5.74) is 0.